The fourth-order valence-electron chi connectivity index (χ4n) is 1.61. The van der Waals surface area contributed by atoms with Crippen LogP contribution in [0.1, 0.15) is 23.1 Å². The molecule has 88 valence electrons. The van der Waals surface area contributed by atoms with E-state index in [4.69, 9.17) is 5.11 Å². The number of carbonyl (C=O) groups is 1. The first kappa shape index (κ1) is 11.3. The van der Waals surface area contributed by atoms with Crippen molar-refractivity contribution in [3.8, 4) is 5.69 Å². The maximum absolute atomic E-state index is 13.6. The summed E-state index contributed by atoms with van der Waals surface area (Å²) >= 11 is 0. The third kappa shape index (κ3) is 2.04. The number of aryl methyl sites for hydroxylation is 1. The second-order valence-corrected chi connectivity index (χ2v) is 3.54. The standard InChI is InChI=1S/C12H11FN2O2/c1-2-8-7-10(12(16)17)14-15(8)11-6-4-3-5-9(11)13/h3-7H,2H2,1H3,(H,16,17). The molecule has 0 aliphatic carbocycles. The summed E-state index contributed by atoms with van der Waals surface area (Å²) in [4.78, 5) is 10.8. The van der Waals surface area contributed by atoms with Gasteiger partial charge in [0.25, 0.3) is 0 Å². The Morgan fingerprint density at radius 2 is 2.18 bits per heavy atom. The number of halogens is 1. The number of carboxylic acids is 1. The van der Waals surface area contributed by atoms with E-state index in [0.29, 0.717) is 12.1 Å². The van der Waals surface area contributed by atoms with E-state index < -0.39 is 11.8 Å². The molecule has 0 bridgehead atoms. The van der Waals surface area contributed by atoms with Crippen LogP contribution in [0.15, 0.2) is 30.3 Å². The Labute approximate surface area is 97.3 Å². The number of para-hydroxylation sites is 1. The summed E-state index contributed by atoms with van der Waals surface area (Å²) in [5, 5.41) is 12.8. The molecular weight excluding hydrogens is 223 g/mol. The summed E-state index contributed by atoms with van der Waals surface area (Å²) in [6.07, 6.45) is 0.578. The summed E-state index contributed by atoms with van der Waals surface area (Å²) in [5.41, 5.74) is 0.842. The van der Waals surface area contributed by atoms with Crippen LogP contribution in [0.4, 0.5) is 4.39 Å². The van der Waals surface area contributed by atoms with Crippen molar-refractivity contribution in [3.63, 3.8) is 0 Å². The van der Waals surface area contributed by atoms with E-state index in [0.717, 1.165) is 0 Å². The number of carboxylic acid groups (broad SMARTS) is 1. The molecule has 0 saturated heterocycles. The summed E-state index contributed by atoms with van der Waals surface area (Å²) in [5.74, 6) is -1.54. The number of hydrogen-bond acceptors (Lipinski definition) is 2. The lowest BCUT2D eigenvalue weighted by molar-refractivity contribution is 0.0690. The molecule has 1 aromatic heterocycles. The molecule has 0 amide bonds. The maximum atomic E-state index is 13.6. The molecule has 0 aliphatic heterocycles. The molecule has 2 aromatic rings. The number of rotatable bonds is 3. The minimum Gasteiger partial charge on any atom is -0.476 e. The lowest BCUT2D eigenvalue weighted by atomic mass is 10.2. The van der Waals surface area contributed by atoms with Crippen LogP contribution in [0, 0.1) is 5.82 Å². The molecule has 5 heteroatoms. The van der Waals surface area contributed by atoms with Crippen molar-refractivity contribution >= 4 is 5.97 Å². The number of benzene rings is 1. The van der Waals surface area contributed by atoms with Gasteiger partial charge in [0, 0.05) is 5.69 Å². The van der Waals surface area contributed by atoms with Gasteiger partial charge in [0.2, 0.25) is 0 Å². The van der Waals surface area contributed by atoms with E-state index in [9.17, 15) is 9.18 Å². The molecule has 0 radical (unpaired) electrons. The van der Waals surface area contributed by atoms with Crippen LogP contribution in [0.3, 0.4) is 0 Å². The van der Waals surface area contributed by atoms with Gasteiger partial charge in [-0.1, -0.05) is 19.1 Å². The zero-order valence-electron chi connectivity index (χ0n) is 9.22. The van der Waals surface area contributed by atoms with Crippen LogP contribution >= 0.6 is 0 Å². The Morgan fingerprint density at radius 1 is 1.47 bits per heavy atom. The minimum atomic E-state index is -1.12. The summed E-state index contributed by atoms with van der Waals surface area (Å²) in [7, 11) is 0. The molecule has 0 spiro atoms. The van der Waals surface area contributed by atoms with Gasteiger partial charge in [-0.15, -0.1) is 0 Å². The van der Waals surface area contributed by atoms with Crippen LogP contribution < -0.4 is 0 Å². The maximum Gasteiger partial charge on any atom is 0.356 e. The summed E-state index contributed by atoms with van der Waals surface area (Å²) in [6, 6.07) is 7.59. The molecule has 1 aromatic carbocycles. The van der Waals surface area contributed by atoms with Gasteiger partial charge < -0.3 is 5.11 Å². The van der Waals surface area contributed by atoms with E-state index in [1.54, 1.807) is 18.2 Å². The second kappa shape index (κ2) is 4.37. The zero-order valence-corrected chi connectivity index (χ0v) is 9.22. The van der Waals surface area contributed by atoms with Crippen LogP contribution in [0.5, 0.6) is 0 Å². The van der Waals surface area contributed by atoms with E-state index in [2.05, 4.69) is 5.10 Å². The number of hydrogen-bond donors (Lipinski definition) is 1. The Kier molecular flexibility index (Phi) is 2.91. The number of aromatic nitrogens is 2. The van der Waals surface area contributed by atoms with Gasteiger partial charge >= 0.3 is 5.97 Å². The molecule has 0 atom stereocenters. The van der Waals surface area contributed by atoms with Crippen molar-refractivity contribution in [3.05, 3.63) is 47.5 Å². The molecule has 4 nitrogen and oxygen atoms in total. The fourth-order valence-corrected chi connectivity index (χ4v) is 1.61. The Hall–Kier alpha value is -2.17. The highest BCUT2D eigenvalue weighted by Gasteiger charge is 2.15. The van der Waals surface area contributed by atoms with Crippen molar-refractivity contribution in [1.29, 1.82) is 0 Å². The predicted molar refractivity (Wildman–Crippen MR) is 59.9 cm³/mol. The first-order valence-electron chi connectivity index (χ1n) is 5.20. The topological polar surface area (TPSA) is 55.1 Å². The van der Waals surface area contributed by atoms with Crippen molar-refractivity contribution in [2.75, 3.05) is 0 Å². The monoisotopic (exact) mass is 234 g/mol. The van der Waals surface area contributed by atoms with E-state index >= 15 is 0 Å². The van der Waals surface area contributed by atoms with Gasteiger partial charge in [0.05, 0.1) is 0 Å². The Bertz CT molecular complexity index is 563. The summed E-state index contributed by atoms with van der Waals surface area (Å²) < 4.78 is 14.9. The van der Waals surface area contributed by atoms with Crippen molar-refractivity contribution in [1.82, 2.24) is 9.78 Å². The van der Waals surface area contributed by atoms with Crippen LogP contribution in [-0.4, -0.2) is 20.9 Å². The lowest BCUT2D eigenvalue weighted by Crippen LogP contribution is -2.05. The predicted octanol–water partition coefficient (Wildman–Crippen LogP) is 2.27. The SMILES string of the molecule is CCc1cc(C(=O)O)nn1-c1ccccc1F. The average molecular weight is 234 g/mol. The van der Waals surface area contributed by atoms with Crippen LogP contribution in [0.25, 0.3) is 5.69 Å². The normalized spacial score (nSPS) is 10.5. The third-order valence-corrected chi connectivity index (χ3v) is 2.45. The summed E-state index contributed by atoms with van der Waals surface area (Å²) in [6.45, 7) is 1.86. The molecule has 2 rings (SSSR count). The van der Waals surface area contributed by atoms with E-state index in [1.165, 1.54) is 16.8 Å². The molecule has 1 heterocycles. The van der Waals surface area contributed by atoms with E-state index in [-0.39, 0.29) is 11.4 Å². The van der Waals surface area contributed by atoms with Crippen LogP contribution in [0.2, 0.25) is 0 Å². The first-order valence-corrected chi connectivity index (χ1v) is 5.20. The van der Waals surface area contributed by atoms with Gasteiger partial charge in [-0.05, 0) is 24.6 Å². The Morgan fingerprint density at radius 3 is 2.76 bits per heavy atom. The van der Waals surface area contributed by atoms with Crippen molar-refractivity contribution in [2.24, 2.45) is 0 Å². The van der Waals surface area contributed by atoms with Gasteiger partial charge in [-0.25, -0.2) is 13.9 Å². The highest BCUT2D eigenvalue weighted by Crippen LogP contribution is 2.16. The van der Waals surface area contributed by atoms with Crippen LogP contribution in [-0.2, 0) is 6.42 Å². The molecule has 17 heavy (non-hydrogen) atoms. The number of aromatic carboxylic acids is 1. The largest absolute Gasteiger partial charge is 0.476 e. The highest BCUT2D eigenvalue weighted by atomic mass is 19.1. The molecule has 0 fully saturated rings. The Balaban J connectivity index is 2.59. The molecular formula is C12H11FN2O2. The fraction of sp³-hybridized carbons (Fsp3) is 0.167. The third-order valence-electron chi connectivity index (χ3n) is 2.45. The minimum absolute atomic E-state index is 0.0786. The molecule has 1 N–H and O–H groups in total. The van der Waals surface area contributed by atoms with Crippen molar-refractivity contribution in [2.45, 2.75) is 13.3 Å². The highest BCUT2D eigenvalue weighted by molar-refractivity contribution is 5.85. The molecule has 0 unspecified atom stereocenters. The average Bonchev–Trinajstić information content (AvgIpc) is 2.73. The zero-order chi connectivity index (χ0) is 12.4. The van der Waals surface area contributed by atoms with Crippen molar-refractivity contribution < 1.29 is 14.3 Å². The smallest absolute Gasteiger partial charge is 0.356 e. The van der Waals surface area contributed by atoms with Gasteiger partial charge in [-0.3, -0.25) is 0 Å². The van der Waals surface area contributed by atoms with Gasteiger partial charge in [0.15, 0.2) is 5.69 Å². The second-order valence-electron chi connectivity index (χ2n) is 3.54. The molecule has 0 aliphatic rings. The van der Waals surface area contributed by atoms with E-state index in [1.807, 2.05) is 6.92 Å². The first-order chi connectivity index (χ1) is 8.13. The van der Waals surface area contributed by atoms with Gasteiger partial charge in [0.1, 0.15) is 11.5 Å². The quantitative estimate of drug-likeness (QED) is 0.886. The lowest BCUT2D eigenvalue weighted by Gasteiger charge is -2.06. The number of nitrogens with zero attached hydrogens (tertiary/aromatic N) is 2. The van der Waals surface area contributed by atoms with Gasteiger partial charge in [-0.2, -0.15) is 5.10 Å². The molecule has 0 saturated carbocycles.